The quantitative estimate of drug-likeness (QED) is 0.669. The van der Waals surface area contributed by atoms with Crippen LogP contribution < -0.4 is 5.32 Å². The van der Waals surface area contributed by atoms with Crippen LogP contribution >= 0.6 is 0 Å². The van der Waals surface area contributed by atoms with E-state index in [0.29, 0.717) is 5.92 Å². The first-order valence-corrected chi connectivity index (χ1v) is 10.5. The zero-order valence-corrected chi connectivity index (χ0v) is 17.6. The Hall–Kier alpha value is -3.05. The molecule has 0 bridgehead atoms. The van der Waals surface area contributed by atoms with Crippen LogP contribution in [0.5, 0.6) is 0 Å². The lowest BCUT2D eigenvalue weighted by Crippen LogP contribution is -2.34. The molecular weight excluding hydrogens is 372 g/mol. The van der Waals surface area contributed by atoms with Gasteiger partial charge in [-0.15, -0.1) is 0 Å². The Bertz CT molecular complexity index is 1020. The van der Waals surface area contributed by atoms with Gasteiger partial charge in [0.1, 0.15) is 0 Å². The Morgan fingerprint density at radius 1 is 1.17 bits per heavy atom. The molecule has 154 valence electrons. The van der Waals surface area contributed by atoms with Gasteiger partial charge in [0, 0.05) is 43.4 Å². The monoisotopic (exact) mass is 400 g/mol. The molecule has 0 saturated carbocycles. The minimum atomic E-state index is -0.0457. The van der Waals surface area contributed by atoms with Crippen molar-refractivity contribution in [3.8, 4) is 11.3 Å². The maximum Gasteiger partial charge on any atom is 0.221 e. The van der Waals surface area contributed by atoms with Crippen LogP contribution in [0.1, 0.15) is 42.5 Å². The summed E-state index contributed by atoms with van der Waals surface area (Å²) in [5, 5.41) is 2.82. The molecule has 1 N–H and O–H groups in total. The van der Waals surface area contributed by atoms with E-state index in [9.17, 15) is 4.79 Å². The molecule has 5 nitrogen and oxygen atoms in total. The summed E-state index contributed by atoms with van der Waals surface area (Å²) in [7, 11) is 0. The number of aryl methyl sites for hydroxylation is 1. The summed E-state index contributed by atoms with van der Waals surface area (Å²) in [5.41, 5.74) is 6.47. The molecular formula is C25H28N4O. The van der Waals surface area contributed by atoms with Crippen molar-refractivity contribution in [1.82, 2.24) is 14.9 Å². The molecule has 2 heterocycles. The van der Waals surface area contributed by atoms with Gasteiger partial charge >= 0.3 is 0 Å². The van der Waals surface area contributed by atoms with Crippen LogP contribution in [0.2, 0.25) is 0 Å². The Kier molecular flexibility index (Phi) is 6.19. The molecule has 2 aromatic carbocycles. The standard InChI is InChI=1S/C25H28N4O/c1-18-5-3-6-21(13-18)24-14-26-15-25(28-24)22-7-4-12-29(17-22)16-20-8-10-23(11-9-20)27-19(2)30/h3,5-6,8-11,13-15,22H,4,7,12,16-17H2,1-2H3,(H,27,30)/t22-/m0/s1. The molecule has 0 aliphatic carbocycles. The molecule has 0 radical (unpaired) electrons. The van der Waals surface area contributed by atoms with Crippen molar-refractivity contribution in [2.75, 3.05) is 18.4 Å². The van der Waals surface area contributed by atoms with Crippen LogP contribution in [-0.2, 0) is 11.3 Å². The second kappa shape index (κ2) is 9.18. The summed E-state index contributed by atoms with van der Waals surface area (Å²) >= 11 is 0. The number of hydrogen-bond acceptors (Lipinski definition) is 4. The van der Waals surface area contributed by atoms with Gasteiger partial charge in [0.05, 0.1) is 17.6 Å². The van der Waals surface area contributed by atoms with Crippen molar-refractivity contribution in [2.45, 2.75) is 39.2 Å². The molecule has 1 aliphatic rings. The largest absolute Gasteiger partial charge is 0.326 e. The fourth-order valence-electron chi connectivity index (χ4n) is 4.12. The molecule has 0 spiro atoms. The van der Waals surface area contributed by atoms with E-state index < -0.39 is 0 Å². The van der Waals surface area contributed by atoms with Gasteiger partial charge < -0.3 is 5.32 Å². The minimum absolute atomic E-state index is 0.0457. The summed E-state index contributed by atoms with van der Waals surface area (Å²) in [6.07, 6.45) is 6.08. The van der Waals surface area contributed by atoms with Gasteiger partial charge in [-0.05, 0) is 50.1 Å². The van der Waals surface area contributed by atoms with Crippen molar-refractivity contribution in [1.29, 1.82) is 0 Å². The van der Waals surface area contributed by atoms with Gasteiger partial charge in [-0.2, -0.15) is 0 Å². The lowest BCUT2D eigenvalue weighted by molar-refractivity contribution is -0.114. The number of rotatable bonds is 5. The smallest absolute Gasteiger partial charge is 0.221 e. The molecule has 5 heteroatoms. The number of amides is 1. The molecule has 4 rings (SSSR count). The first-order valence-electron chi connectivity index (χ1n) is 10.5. The summed E-state index contributed by atoms with van der Waals surface area (Å²) < 4.78 is 0. The van der Waals surface area contributed by atoms with E-state index in [1.807, 2.05) is 24.5 Å². The minimum Gasteiger partial charge on any atom is -0.326 e. The fourth-order valence-corrected chi connectivity index (χ4v) is 4.12. The third kappa shape index (κ3) is 5.10. The topological polar surface area (TPSA) is 58.1 Å². The van der Waals surface area contributed by atoms with E-state index in [1.165, 1.54) is 18.1 Å². The van der Waals surface area contributed by atoms with Crippen molar-refractivity contribution < 1.29 is 4.79 Å². The molecule has 0 unspecified atom stereocenters. The van der Waals surface area contributed by atoms with Crippen LogP contribution in [-0.4, -0.2) is 33.9 Å². The number of carbonyl (C=O) groups excluding carboxylic acids is 1. The Labute approximate surface area is 178 Å². The number of hydrogen-bond donors (Lipinski definition) is 1. The van der Waals surface area contributed by atoms with Crippen LogP contribution in [0.15, 0.2) is 60.9 Å². The SMILES string of the molecule is CC(=O)Nc1ccc(CN2CCC[C@H](c3cncc(-c4cccc(C)c4)n3)C2)cc1. The van der Waals surface area contributed by atoms with Crippen molar-refractivity contribution in [3.63, 3.8) is 0 Å². The third-order valence-electron chi connectivity index (χ3n) is 5.57. The number of carbonyl (C=O) groups is 1. The molecule has 30 heavy (non-hydrogen) atoms. The Morgan fingerprint density at radius 2 is 2.00 bits per heavy atom. The number of nitrogens with one attached hydrogen (secondary N) is 1. The first-order chi connectivity index (χ1) is 14.6. The van der Waals surface area contributed by atoms with Crippen LogP contribution in [0.4, 0.5) is 5.69 Å². The maximum atomic E-state index is 11.2. The molecule has 1 aliphatic heterocycles. The maximum absolute atomic E-state index is 11.2. The van der Waals surface area contributed by atoms with Crippen LogP contribution in [0.25, 0.3) is 11.3 Å². The van der Waals surface area contributed by atoms with Gasteiger partial charge in [-0.1, -0.05) is 35.9 Å². The highest BCUT2D eigenvalue weighted by Gasteiger charge is 2.23. The molecule has 1 amide bonds. The van der Waals surface area contributed by atoms with Gasteiger partial charge in [0.2, 0.25) is 5.91 Å². The fraction of sp³-hybridized carbons (Fsp3) is 0.320. The Morgan fingerprint density at radius 3 is 2.77 bits per heavy atom. The highest BCUT2D eigenvalue weighted by atomic mass is 16.1. The number of piperidine rings is 1. The molecule has 1 fully saturated rings. The van der Waals surface area contributed by atoms with Crippen LogP contribution in [0, 0.1) is 6.92 Å². The van der Waals surface area contributed by atoms with Crippen molar-refractivity contribution in [3.05, 3.63) is 77.7 Å². The third-order valence-corrected chi connectivity index (χ3v) is 5.57. The lowest BCUT2D eigenvalue weighted by atomic mass is 9.94. The second-order valence-corrected chi connectivity index (χ2v) is 8.15. The number of anilines is 1. The number of likely N-dealkylation sites (tertiary alicyclic amines) is 1. The van der Waals surface area contributed by atoms with Crippen molar-refractivity contribution >= 4 is 11.6 Å². The molecule has 1 aromatic heterocycles. The summed E-state index contributed by atoms with van der Waals surface area (Å²) in [5.74, 6) is 0.352. The molecule has 3 aromatic rings. The first kappa shape index (κ1) is 20.2. The zero-order valence-electron chi connectivity index (χ0n) is 17.6. The van der Waals surface area contributed by atoms with Crippen molar-refractivity contribution in [2.24, 2.45) is 0 Å². The summed E-state index contributed by atoms with van der Waals surface area (Å²) in [4.78, 5) is 23.1. The predicted octanol–water partition coefficient (Wildman–Crippen LogP) is 4.79. The zero-order chi connectivity index (χ0) is 20.9. The van der Waals surface area contributed by atoms with E-state index in [0.717, 1.165) is 55.1 Å². The highest BCUT2D eigenvalue weighted by molar-refractivity contribution is 5.88. The highest BCUT2D eigenvalue weighted by Crippen LogP contribution is 2.28. The molecule has 1 saturated heterocycles. The van der Waals surface area contributed by atoms with Gasteiger partial charge in [0.15, 0.2) is 0 Å². The average molecular weight is 401 g/mol. The van der Waals surface area contributed by atoms with E-state index in [-0.39, 0.29) is 5.91 Å². The molecule has 1 atom stereocenters. The van der Waals surface area contributed by atoms with Crippen LogP contribution in [0.3, 0.4) is 0 Å². The number of nitrogens with zero attached hydrogens (tertiary/aromatic N) is 3. The van der Waals surface area contributed by atoms with Gasteiger partial charge in [0.25, 0.3) is 0 Å². The van der Waals surface area contributed by atoms with Gasteiger partial charge in [-0.3, -0.25) is 14.7 Å². The summed E-state index contributed by atoms with van der Waals surface area (Å²) in [6, 6.07) is 16.5. The van der Waals surface area contributed by atoms with E-state index in [4.69, 9.17) is 4.98 Å². The predicted molar refractivity (Wildman–Crippen MR) is 120 cm³/mol. The van der Waals surface area contributed by atoms with E-state index >= 15 is 0 Å². The number of benzene rings is 2. The number of aromatic nitrogens is 2. The van der Waals surface area contributed by atoms with Gasteiger partial charge in [-0.25, -0.2) is 4.98 Å². The Balaban J connectivity index is 1.44. The normalized spacial score (nSPS) is 16.9. The second-order valence-electron chi connectivity index (χ2n) is 8.15. The van der Waals surface area contributed by atoms with E-state index in [2.05, 4.69) is 58.5 Å². The average Bonchev–Trinajstić information content (AvgIpc) is 2.75. The summed E-state index contributed by atoms with van der Waals surface area (Å²) in [6.45, 7) is 6.61. The van der Waals surface area contributed by atoms with E-state index in [1.54, 1.807) is 0 Å². The lowest BCUT2D eigenvalue weighted by Gasteiger charge is -2.32.